The van der Waals surface area contributed by atoms with Crippen molar-refractivity contribution < 1.29 is 1.43 Å². The Morgan fingerprint density at radius 3 is 2.32 bits per heavy atom. The maximum Gasteiger partial charge on any atom is 0.104 e. The molecule has 0 amide bonds. The van der Waals surface area contributed by atoms with Gasteiger partial charge < -0.3 is 4.98 Å². The highest BCUT2D eigenvalue weighted by atomic mass is 14.9. The van der Waals surface area contributed by atoms with Crippen molar-refractivity contribution in [1.29, 1.82) is 0 Å². The Balaban J connectivity index is 0.000000667. The molecule has 2 nitrogen and oxygen atoms in total. The van der Waals surface area contributed by atoms with E-state index in [2.05, 4.69) is 47.2 Å². The average Bonchev–Trinajstić information content (AvgIpc) is 2.83. The predicted octanol–water partition coefficient (Wildman–Crippen LogP) is 5.63. The normalized spacial score (nSPS) is 9.58. The van der Waals surface area contributed by atoms with Crippen molar-refractivity contribution in [3.05, 3.63) is 41.7 Å². The fourth-order valence-corrected chi connectivity index (χ4v) is 2.04. The van der Waals surface area contributed by atoms with Crippen molar-refractivity contribution >= 4 is 21.8 Å². The number of nitrogens with zero attached hydrogens (tertiary/aromatic N) is 1. The second kappa shape index (κ2) is 6.93. The van der Waals surface area contributed by atoms with Crippen LogP contribution in [0.25, 0.3) is 21.8 Å². The van der Waals surface area contributed by atoms with E-state index in [9.17, 15) is 0 Å². The van der Waals surface area contributed by atoms with Gasteiger partial charge in [0.1, 0.15) is 5.82 Å². The minimum absolute atomic E-state index is 0. The first-order valence-corrected chi connectivity index (χ1v) is 7.10. The fraction of sp³-hybridized carbons (Fsp3) is 0.353. The molecule has 1 aromatic heterocycles. The van der Waals surface area contributed by atoms with Crippen molar-refractivity contribution in [1.82, 2.24) is 9.97 Å². The summed E-state index contributed by atoms with van der Waals surface area (Å²) in [6.07, 6.45) is 0. The van der Waals surface area contributed by atoms with Gasteiger partial charge in [-0.3, -0.25) is 0 Å². The Morgan fingerprint density at radius 1 is 0.947 bits per heavy atom. The van der Waals surface area contributed by atoms with Crippen LogP contribution in [-0.2, 0) is 0 Å². The Bertz CT molecular complexity index is 656. The van der Waals surface area contributed by atoms with Crippen LogP contribution in [0.3, 0.4) is 0 Å². The van der Waals surface area contributed by atoms with E-state index >= 15 is 0 Å². The van der Waals surface area contributed by atoms with E-state index in [1.165, 1.54) is 16.3 Å². The molecule has 0 radical (unpaired) electrons. The minimum atomic E-state index is 0. The fourth-order valence-electron chi connectivity index (χ4n) is 2.04. The Morgan fingerprint density at radius 2 is 1.63 bits per heavy atom. The molecular formula is C17H26N2. The van der Waals surface area contributed by atoms with Crippen LogP contribution in [0, 0.1) is 13.8 Å². The molecule has 3 aromatic rings. The number of aromatic nitrogens is 2. The lowest BCUT2D eigenvalue weighted by Crippen LogP contribution is -1.77. The third-order valence-electron chi connectivity index (χ3n) is 2.74. The van der Waals surface area contributed by atoms with Crippen molar-refractivity contribution in [3.8, 4) is 0 Å². The van der Waals surface area contributed by atoms with Gasteiger partial charge in [0.25, 0.3) is 0 Å². The topological polar surface area (TPSA) is 28.7 Å². The summed E-state index contributed by atoms with van der Waals surface area (Å²) in [5.41, 5.74) is 3.47. The molecule has 0 unspecified atom stereocenters. The first-order valence-electron chi connectivity index (χ1n) is 7.10. The molecule has 0 saturated carbocycles. The number of benzene rings is 2. The minimum Gasteiger partial charge on any atom is -0.342 e. The molecule has 0 spiro atoms. The predicted molar refractivity (Wildman–Crippen MR) is 87.9 cm³/mol. The summed E-state index contributed by atoms with van der Waals surface area (Å²) in [6.45, 7) is 12.1. The average molecular weight is 258 g/mol. The van der Waals surface area contributed by atoms with E-state index in [0.29, 0.717) is 0 Å². The van der Waals surface area contributed by atoms with E-state index in [-0.39, 0.29) is 1.43 Å². The highest BCUT2D eigenvalue weighted by Gasteiger charge is 2.03. The lowest BCUT2D eigenvalue weighted by atomic mass is 10.1. The van der Waals surface area contributed by atoms with E-state index in [0.717, 1.165) is 16.9 Å². The molecule has 0 aliphatic carbocycles. The summed E-state index contributed by atoms with van der Waals surface area (Å²) in [7, 11) is 0. The SMILES string of the molecule is CC.CC.Cc1ccc2c(ccc3[nH]c(C)nc32)c1.[HH]. The van der Waals surface area contributed by atoms with E-state index < -0.39 is 0 Å². The molecule has 1 heterocycles. The monoisotopic (exact) mass is 258 g/mol. The van der Waals surface area contributed by atoms with E-state index in [1.54, 1.807) is 0 Å². The number of rotatable bonds is 0. The summed E-state index contributed by atoms with van der Waals surface area (Å²) in [5.74, 6) is 0.970. The molecule has 0 bridgehead atoms. The van der Waals surface area contributed by atoms with Crippen LogP contribution in [0.15, 0.2) is 30.3 Å². The van der Waals surface area contributed by atoms with Gasteiger partial charge in [-0.05, 0) is 25.3 Å². The quantitative estimate of drug-likeness (QED) is 0.556. The van der Waals surface area contributed by atoms with Crippen LogP contribution >= 0.6 is 0 Å². The zero-order valence-corrected chi connectivity index (χ0v) is 12.8. The van der Waals surface area contributed by atoms with Gasteiger partial charge in [-0.2, -0.15) is 0 Å². The largest absolute Gasteiger partial charge is 0.342 e. The maximum absolute atomic E-state index is 4.52. The number of imidazole rings is 1. The number of aromatic amines is 1. The Labute approximate surface area is 117 Å². The highest BCUT2D eigenvalue weighted by molar-refractivity contribution is 6.04. The van der Waals surface area contributed by atoms with Crippen molar-refractivity contribution in [3.63, 3.8) is 0 Å². The number of aryl methyl sites for hydroxylation is 2. The summed E-state index contributed by atoms with van der Waals surface area (Å²) in [6, 6.07) is 10.7. The number of H-pyrrole nitrogens is 1. The molecule has 0 saturated heterocycles. The van der Waals surface area contributed by atoms with Crippen LogP contribution in [-0.4, -0.2) is 9.97 Å². The van der Waals surface area contributed by atoms with Gasteiger partial charge in [0.15, 0.2) is 0 Å². The van der Waals surface area contributed by atoms with Gasteiger partial charge in [0.05, 0.1) is 11.0 Å². The molecule has 104 valence electrons. The Hall–Kier alpha value is -1.83. The zero-order valence-electron chi connectivity index (χ0n) is 12.8. The molecule has 19 heavy (non-hydrogen) atoms. The second-order valence-corrected chi connectivity index (χ2v) is 4.01. The van der Waals surface area contributed by atoms with Crippen molar-refractivity contribution in [2.75, 3.05) is 0 Å². The lowest BCUT2D eigenvalue weighted by Gasteiger charge is -1.99. The van der Waals surface area contributed by atoms with E-state index in [1.807, 2.05) is 34.6 Å². The summed E-state index contributed by atoms with van der Waals surface area (Å²) < 4.78 is 0. The van der Waals surface area contributed by atoms with Gasteiger partial charge in [0, 0.05) is 6.81 Å². The van der Waals surface area contributed by atoms with Crippen molar-refractivity contribution in [2.45, 2.75) is 41.5 Å². The van der Waals surface area contributed by atoms with Gasteiger partial charge >= 0.3 is 0 Å². The van der Waals surface area contributed by atoms with Crippen LogP contribution < -0.4 is 0 Å². The van der Waals surface area contributed by atoms with Crippen LogP contribution in [0.5, 0.6) is 0 Å². The van der Waals surface area contributed by atoms with Gasteiger partial charge in [-0.15, -0.1) is 0 Å². The summed E-state index contributed by atoms with van der Waals surface area (Å²) in [4.78, 5) is 7.77. The number of hydrogen-bond donors (Lipinski definition) is 1. The smallest absolute Gasteiger partial charge is 0.104 e. The summed E-state index contributed by atoms with van der Waals surface area (Å²) >= 11 is 0. The van der Waals surface area contributed by atoms with Crippen LogP contribution in [0.4, 0.5) is 0 Å². The van der Waals surface area contributed by atoms with Crippen LogP contribution in [0.1, 0.15) is 40.5 Å². The number of hydrogen-bond acceptors (Lipinski definition) is 1. The van der Waals surface area contributed by atoms with Gasteiger partial charge in [-0.25, -0.2) is 4.98 Å². The second-order valence-electron chi connectivity index (χ2n) is 4.01. The molecule has 2 aromatic carbocycles. The first kappa shape index (κ1) is 15.2. The molecule has 1 N–H and O–H groups in total. The van der Waals surface area contributed by atoms with Crippen LogP contribution in [0.2, 0.25) is 0 Å². The summed E-state index contributed by atoms with van der Waals surface area (Å²) in [5, 5.41) is 2.48. The molecule has 0 fully saturated rings. The molecule has 0 aliphatic heterocycles. The molecule has 0 aliphatic rings. The maximum atomic E-state index is 4.52. The Kier molecular flexibility index (Phi) is 5.56. The third kappa shape index (κ3) is 3.14. The van der Waals surface area contributed by atoms with E-state index in [4.69, 9.17) is 0 Å². The standard InChI is InChI=1S/C13H12N2.2C2H6.H2/c1-8-3-5-11-10(7-8)4-6-12-13(11)15-9(2)14-12;2*1-2;/h3-7H,1-2H3,(H,14,15);2*1-2H3;1H. The third-order valence-corrected chi connectivity index (χ3v) is 2.74. The van der Waals surface area contributed by atoms with Gasteiger partial charge in [0.2, 0.25) is 0 Å². The first-order chi connectivity index (χ1) is 9.24. The molecule has 3 rings (SSSR count). The lowest BCUT2D eigenvalue weighted by molar-refractivity contribution is 1.17. The zero-order chi connectivity index (χ0) is 14.4. The molecule has 2 heteroatoms. The molecular weight excluding hydrogens is 232 g/mol. The number of nitrogens with one attached hydrogen (secondary N) is 1. The number of fused-ring (bicyclic) bond motifs is 3. The molecule has 0 atom stereocenters. The van der Waals surface area contributed by atoms with Crippen molar-refractivity contribution in [2.24, 2.45) is 0 Å². The highest BCUT2D eigenvalue weighted by Crippen LogP contribution is 2.24. The van der Waals surface area contributed by atoms with Gasteiger partial charge in [-0.1, -0.05) is 57.5 Å².